The van der Waals surface area contributed by atoms with Crippen LogP contribution in [-0.4, -0.2) is 43.8 Å². The van der Waals surface area contributed by atoms with Crippen molar-refractivity contribution < 1.29 is 4.74 Å². The van der Waals surface area contributed by atoms with E-state index in [-0.39, 0.29) is 0 Å². The van der Waals surface area contributed by atoms with Gasteiger partial charge in [0.15, 0.2) is 0 Å². The van der Waals surface area contributed by atoms with Crippen molar-refractivity contribution in [3.63, 3.8) is 0 Å². The molecule has 19 heavy (non-hydrogen) atoms. The highest BCUT2D eigenvalue weighted by Gasteiger charge is 2.24. The molecule has 3 heteroatoms. The van der Waals surface area contributed by atoms with E-state index in [1.807, 2.05) is 0 Å². The van der Waals surface area contributed by atoms with E-state index in [0.29, 0.717) is 12.1 Å². The van der Waals surface area contributed by atoms with Gasteiger partial charge in [-0.1, -0.05) is 31.2 Å². The highest BCUT2D eigenvalue weighted by Crippen LogP contribution is 2.30. The Hall–Kier alpha value is -0.900. The molecular weight excluding hydrogens is 236 g/mol. The molecule has 0 saturated carbocycles. The first-order valence-corrected chi connectivity index (χ1v) is 7.52. The van der Waals surface area contributed by atoms with Crippen LogP contribution in [-0.2, 0) is 11.2 Å². The number of fused-ring (bicyclic) bond motifs is 1. The minimum atomic E-state index is 0.349. The van der Waals surface area contributed by atoms with Gasteiger partial charge in [-0.15, -0.1) is 0 Å². The van der Waals surface area contributed by atoms with Gasteiger partial charge in [-0.05, 0) is 30.5 Å². The van der Waals surface area contributed by atoms with E-state index in [2.05, 4.69) is 41.4 Å². The second-order valence-corrected chi connectivity index (χ2v) is 5.58. The Balaban J connectivity index is 1.53. The molecule has 1 heterocycles. The van der Waals surface area contributed by atoms with E-state index in [4.69, 9.17) is 4.74 Å². The number of nitrogens with zero attached hydrogens (tertiary/aromatic N) is 1. The van der Waals surface area contributed by atoms with Gasteiger partial charge in [-0.2, -0.15) is 0 Å². The fourth-order valence-electron chi connectivity index (χ4n) is 3.23. The van der Waals surface area contributed by atoms with Crippen LogP contribution in [0.25, 0.3) is 0 Å². The van der Waals surface area contributed by atoms with Crippen molar-refractivity contribution in [1.82, 2.24) is 10.2 Å². The summed E-state index contributed by atoms with van der Waals surface area (Å²) in [6.07, 6.45) is 2.78. The Kier molecular flexibility index (Phi) is 4.16. The first-order valence-electron chi connectivity index (χ1n) is 7.52. The molecule has 3 nitrogen and oxygen atoms in total. The molecule has 1 aromatic carbocycles. The van der Waals surface area contributed by atoms with E-state index < -0.39 is 0 Å². The van der Waals surface area contributed by atoms with Crippen molar-refractivity contribution in [2.45, 2.75) is 31.9 Å². The summed E-state index contributed by atoms with van der Waals surface area (Å²) in [7, 11) is 0. The summed E-state index contributed by atoms with van der Waals surface area (Å²) in [4.78, 5) is 2.47. The Morgan fingerprint density at radius 3 is 3.16 bits per heavy atom. The lowest BCUT2D eigenvalue weighted by Gasteiger charge is -2.32. The van der Waals surface area contributed by atoms with Crippen LogP contribution in [0.4, 0.5) is 0 Å². The molecule has 1 aliphatic heterocycles. The van der Waals surface area contributed by atoms with Gasteiger partial charge < -0.3 is 10.1 Å². The van der Waals surface area contributed by atoms with Crippen molar-refractivity contribution in [2.75, 3.05) is 32.8 Å². The van der Waals surface area contributed by atoms with Crippen LogP contribution in [0.3, 0.4) is 0 Å². The zero-order valence-electron chi connectivity index (χ0n) is 11.8. The largest absolute Gasteiger partial charge is 0.374 e. The summed E-state index contributed by atoms with van der Waals surface area (Å²) in [6.45, 7) is 7.35. The second kappa shape index (κ2) is 6.04. The molecule has 0 amide bonds. The quantitative estimate of drug-likeness (QED) is 0.896. The lowest BCUT2D eigenvalue weighted by Crippen LogP contribution is -2.46. The molecule has 1 aromatic rings. The zero-order chi connectivity index (χ0) is 13.1. The predicted octanol–water partition coefficient (Wildman–Crippen LogP) is 1.98. The van der Waals surface area contributed by atoms with Gasteiger partial charge in [0.25, 0.3) is 0 Å². The van der Waals surface area contributed by atoms with Gasteiger partial charge in [-0.25, -0.2) is 0 Å². The van der Waals surface area contributed by atoms with E-state index in [1.165, 1.54) is 24.0 Å². The molecule has 1 aliphatic carbocycles. The fraction of sp³-hybridized carbons (Fsp3) is 0.625. The van der Waals surface area contributed by atoms with Crippen molar-refractivity contribution in [2.24, 2.45) is 0 Å². The molecule has 0 spiro atoms. The van der Waals surface area contributed by atoms with Crippen LogP contribution in [0.5, 0.6) is 0 Å². The maximum absolute atomic E-state index is 5.85. The highest BCUT2D eigenvalue weighted by molar-refractivity contribution is 5.34. The monoisotopic (exact) mass is 260 g/mol. The number of benzene rings is 1. The molecule has 1 fully saturated rings. The molecule has 2 atom stereocenters. The number of hydrogen-bond acceptors (Lipinski definition) is 3. The minimum Gasteiger partial charge on any atom is -0.374 e. The third-order valence-electron chi connectivity index (χ3n) is 4.39. The first-order chi connectivity index (χ1) is 9.36. The molecular formula is C16H24N2O. The molecule has 0 aromatic heterocycles. The van der Waals surface area contributed by atoms with Gasteiger partial charge in [0.05, 0.1) is 12.7 Å². The minimum absolute atomic E-state index is 0.349. The third kappa shape index (κ3) is 2.99. The second-order valence-electron chi connectivity index (χ2n) is 5.58. The van der Waals surface area contributed by atoms with Gasteiger partial charge in [-0.3, -0.25) is 4.90 Å². The molecule has 1 saturated heterocycles. The van der Waals surface area contributed by atoms with E-state index in [0.717, 1.165) is 32.8 Å². The van der Waals surface area contributed by atoms with Gasteiger partial charge in [0.1, 0.15) is 0 Å². The van der Waals surface area contributed by atoms with Crippen molar-refractivity contribution in [1.29, 1.82) is 0 Å². The topological polar surface area (TPSA) is 24.5 Å². The van der Waals surface area contributed by atoms with E-state index >= 15 is 0 Å². The summed E-state index contributed by atoms with van der Waals surface area (Å²) >= 11 is 0. The van der Waals surface area contributed by atoms with E-state index in [1.54, 1.807) is 0 Å². The molecule has 0 radical (unpaired) electrons. The van der Waals surface area contributed by atoms with Crippen LogP contribution in [0.15, 0.2) is 24.3 Å². The standard InChI is InChI=1S/C16H24N2O/c1-2-18-9-10-19-14(12-18)11-17-16-8-7-13-5-3-4-6-15(13)16/h3-6,14,16-17H,2,7-12H2,1H3. The Morgan fingerprint density at radius 1 is 1.37 bits per heavy atom. The van der Waals surface area contributed by atoms with Crippen LogP contribution >= 0.6 is 0 Å². The maximum atomic E-state index is 5.85. The maximum Gasteiger partial charge on any atom is 0.0826 e. The molecule has 104 valence electrons. The zero-order valence-corrected chi connectivity index (χ0v) is 11.8. The van der Waals surface area contributed by atoms with Gasteiger partial charge in [0, 0.05) is 25.7 Å². The number of rotatable bonds is 4. The molecule has 2 unspecified atom stereocenters. The van der Waals surface area contributed by atoms with Crippen LogP contribution < -0.4 is 5.32 Å². The molecule has 2 aliphatic rings. The molecule has 3 rings (SSSR count). The van der Waals surface area contributed by atoms with Crippen molar-refractivity contribution >= 4 is 0 Å². The number of ether oxygens (including phenoxy) is 1. The van der Waals surface area contributed by atoms with Crippen molar-refractivity contribution in [3.05, 3.63) is 35.4 Å². The van der Waals surface area contributed by atoms with Crippen molar-refractivity contribution in [3.8, 4) is 0 Å². The summed E-state index contributed by atoms with van der Waals surface area (Å²) in [5, 5.41) is 3.70. The first kappa shape index (κ1) is 13.1. The average molecular weight is 260 g/mol. The summed E-state index contributed by atoms with van der Waals surface area (Å²) in [6, 6.07) is 9.34. The summed E-state index contributed by atoms with van der Waals surface area (Å²) < 4.78 is 5.85. The average Bonchev–Trinajstić information content (AvgIpc) is 2.89. The predicted molar refractivity (Wildman–Crippen MR) is 77.4 cm³/mol. The van der Waals surface area contributed by atoms with Crippen LogP contribution in [0.2, 0.25) is 0 Å². The number of likely N-dealkylation sites (N-methyl/N-ethyl adjacent to an activating group) is 1. The lowest BCUT2D eigenvalue weighted by atomic mass is 10.1. The number of nitrogens with one attached hydrogen (secondary N) is 1. The van der Waals surface area contributed by atoms with E-state index in [9.17, 15) is 0 Å². The third-order valence-corrected chi connectivity index (χ3v) is 4.39. The van der Waals surface area contributed by atoms with Gasteiger partial charge in [0.2, 0.25) is 0 Å². The van der Waals surface area contributed by atoms with Gasteiger partial charge >= 0.3 is 0 Å². The number of hydrogen-bond donors (Lipinski definition) is 1. The van der Waals surface area contributed by atoms with Crippen LogP contribution in [0, 0.1) is 0 Å². The van der Waals surface area contributed by atoms with Crippen LogP contribution in [0.1, 0.15) is 30.5 Å². The Labute approximate surface area is 115 Å². The lowest BCUT2D eigenvalue weighted by molar-refractivity contribution is -0.0263. The smallest absolute Gasteiger partial charge is 0.0826 e. The molecule has 0 bridgehead atoms. The Morgan fingerprint density at radius 2 is 2.26 bits per heavy atom. The SMILES string of the molecule is CCN1CCOC(CNC2CCc3ccccc32)C1. The summed E-state index contributed by atoms with van der Waals surface area (Å²) in [5.41, 5.74) is 3.01. The highest BCUT2D eigenvalue weighted by atomic mass is 16.5. The summed E-state index contributed by atoms with van der Waals surface area (Å²) in [5.74, 6) is 0. The number of morpholine rings is 1. The normalized spacial score (nSPS) is 27.4. The molecule has 1 N–H and O–H groups in total. The number of aryl methyl sites for hydroxylation is 1. The fourth-order valence-corrected chi connectivity index (χ4v) is 3.23. The Bertz CT molecular complexity index is 421.